The summed E-state index contributed by atoms with van der Waals surface area (Å²) in [5, 5.41) is 32.1. The van der Waals surface area contributed by atoms with Crippen LogP contribution in [0, 0.1) is 36.3 Å². The number of amides is 3. The van der Waals surface area contributed by atoms with Crippen molar-refractivity contribution in [3.05, 3.63) is 88.7 Å². The zero-order valence-corrected chi connectivity index (χ0v) is 46.2. The number of thiazole rings is 1. The van der Waals surface area contributed by atoms with E-state index in [0.717, 1.165) is 92.7 Å². The number of hydrogen-bond donors (Lipinski definition) is 5. The minimum Gasteiger partial charge on any atom is -0.508 e. The highest BCUT2D eigenvalue weighted by molar-refractivity contribution is 7.13. The van der Waals surface area contributed by atoms with Gasteiger partial charge in [0.25, 0.3) is 0 Å². The SMILES string of the molecule is C#Cc1c(F)ccc2cc(O)cc(-c3ncc4c(N5CC6CCC(C5)N6)nc(OC5CCN(CCCCCCCC(=O)N[C@H](C(=O)N6C[C@H](O)C[C@H]6C(=O)NCc6ccc(-c7scnc7C)cc6)C(C)(C)C)CC5)nc4c3F)c12. The molecule has 6 aromatic rings. The van der Waals surface area contributed by atoms with Crippen molar-refractivity contribution in [2.24, 2.45) is 5.41 Å². The molecule has 4 fully saturated rings. The number of benzene rings is 3. The molecule has 416 valence electrons. The number of carbonyl (C=O) groups is 3. The lowest BCUT2D eigenvalue weighted by Gasteiger charge is -2.35. The zero-order chi connectivity index (χ0) is 55.5. The summed E-state index contributed by atoms with van der Waals surface area (Å²) >= 11 is 1.58. The van der Waals surface area contributed by atoms with E-state index < -0.39 is 35.2 Å². The van der Waals surface area contributed by atoms with Crippen molar-refractivity contribution in [1.82, 2.24) is 45.7 Å². The first-order valence-electron chi connectivity index (χ1n) is 27.7. The Morgan fingerprint density at radius 1 is 0.949 bits per heavy atom. The van der Waals surface area contributed by atoms with E-state index in [1.54, 1.807) is 17.5 Å². The van der Waals surface area contributed by atoms with E-state index in [4.69, 9.17) is 16.1 Å². The number of aliphatic hydroxyl groups is 1. The topological polar surface area (TPSA) is 198 Å². The number of ether oxygens (including phenoxy) is 1. The summed E-state index contributed by atoms with van der Waals surface area (Å²) in [4.78, 5) is 66.6. The third kappa shape index (κ3) is 12.5. The number of pyridine rings is 1. The Labute approximate surface area is 463 Å². The molecule has 2 unspecified atom stereocenters. The third-order valence-electron chi connectivity index (χ3n) is 16.0. The summed E-state index contributed by atoms with van der Waals surface area (Å²) in [6.45, 7) is 11.8. The van der Waals surface area contributed by atoms with Crippen LogP contribution in [0.2, 0.25) is 0 Å². The molecule has 4 aliphatic rings. The Hall–Kier alpha value is -6.85. The van der Waals surface area contributed by atoms with E-state index in [-0.39, 0.29) is 101 Å². The number of phenolic OH excluding ortho intramolecular Hbond substituents is 1. The summed E-state index contributed by atoms with van der Waals surface area (Å²) in [5.74, 6) is 0.457. The Kier molecular flexibility index (Phi) is 16.7. The number of likely N-dealkylation sites (tertiary alicyclic amines) is 2. The van der Waals surface area contributed by atoms with Gasteiger partial charge < -0.3 is 45.6 Å². The molecular formula is C60H70F2N10O6S. The Morgan fingerprint density at radius 2 is 1.68 bits per heavy atom. The fourth-order valence-corrected chi connectivity index (χ4v) is 12.6. The quantitative estimate of drug-likeness (QED) is 0.0409. The van der Waals surface area contributed by atoms with Crippen LogP contribution < -0.4 is 25.6 Å². The van der Waals surface area contributed by atoms with Gasteiger partial charge >= 0.3 is 6.01 Å². The highest BCUT2D eigenvalue weighted by Gasteiger charge is 2.44. The van der Waals surface area contributed by atoms with Crippen molar-refractivity contribution in [2.75, 3.05) is 44.2 Å². The van der Waals surface area contributed by atoms with Gasteiger partial charge in [-0.15, -0.1) is 17.8 Å². The van der Waals surface area contributed by atoms with Gasteiger partial charge in [-0.25, -0.2) is 13.8 Å². The van der Waals surface area contributed by atoms with Gasteiger partial charge in [0.05, 0.1) is 33.1 Å². The van der Waals surface area contributed by atoms with E-state index >= 15 is 8.78 Å². The first kappa shape index (κ1) is 55.5. The number of fused-ring (bicyclic) bond motifs is 4. The summed E-state index contributed by atoms with van der Waals surface area (Å²) in [6, 6.07) is 12.3. The number of aromatic nitrogens is 4. The van der Waals surface area contributed by atoms with Crippen molar-refractivity contribution in [3.63, 3.8) is 0 Å². The number of piperazine rings is 1. The second-order valence-electron chi connectivity index (χ2n) is 22.8. The maximum Gasteiger partial charge on any atom is 0.319 e. The van der Waals surface area contributed by atoms with Gasteiger partial charge in [0.1, 0.15) is 46.8 Å². The molecule has 0 saturated carbocycles. The fourth-order valence-electron chi connectivity index (χ4n) is 11.8. The van der Waals surface area contributed by atoms with Crippen LogP contribution in [-0.2, 0) is 20.9 Å². The molecule has 5 N–H and O–H groups in total. The summed E-state index contributed by atoms with van der Waals surface area (Å²) in [5.41, 5.74) is 4.08. The number of piperidine rings is 1. The van der Waals surface area contributed by atoms with Gasteiger partial charge in [-0.05, 0) is 92.1 Å². The third-order valence-corrected chi connectivity index (χ3v) is 17.0. The number of rotatable bonds is 18. The summed E-state index contributed by atoms with van der Waals surface area (Å²) in [6.07, 6.45) is 14.7. The number of anilines is 1. The standard InChI is InChI=1S/C60H70F2N10O6S/c1-6-44-47(61)20-17-38-26-41(73)27-45(50(38)44)52-51(62)53-46(30-63-52)56(71-31-39-18-19-40(32-71)66-39)69-59(68-53)78-43-21-24-70(25-22-43)23-11-9-7-8-10-12-49(75)67-55(60(3,4)5)58(77)72-33-42(74)28-48(72)57(76)64-29-36-13-15-37(16-14-36)54-35(2)65-34-79-54/h1,13-17,20,26-27,30,34,39-40,42-43,48,55,66,73-74H,7-12,18-19,21-25,28-29,31-33H2,2-5H3,(H,64,76)(H,67,75)/t39?,40?,42-,48+,55-/m1/s1. The number of aromatic hydroxyl groups is 1. The molecule has 4 aliphatic heterocycles. The molecule has 0 spiro atoms. The van der Waals surface area contributed by atoms with Gasteiger partial charge in [-0.3, -0.25) is 19.4 Å². The number of phenols is 1. The van der Waals surface area contributed by atoms with Crippen LogP contribution in [0.3, 0.4) is 0 Å². The lowest BCUT2D eigenvalue weighted by Crippen LogP contribution is -2.57. The highest BCUT2D eigenvalue weighted by Crippen LogP contribution is 2.40. The number of carbonyl (C=O) groups excluding carboxylic acids is 3. The second kappa shape index (κ2) is 23.9. The van der Waals surface area contributed by atoms with Crippen LogP contribution >= 0.6 is 11.3 Å². The van der Waals surface area contributed by atoms with Crippen LogP contribution in [-0.4, -0.2) is 133 Å². The molecule has 10 rings (SSSR count). The Balaban J connectivity index is 0.690. The average Bonchev–Trinajstić information content (AvgIpc) is 4.15. The number of unbranched alkanes of at least 4 members (excludes halogenated alkanes) is 4. The first-order valence-corrected chi connectivity index (χ1v) is 28.6. The minimum absolute atomic E-state index is 0.0126. The number of terminal acetylenes is 1. The Bertz CT molecular complexity index is 3250. The molecule has 2 bridgehead atoms. The maximum atomic E-state index is 17.1. The second-order valence-corrected chi connectivity index (χ2v) is 23.7. The van der Waals surface area contributed by atoms with E-state index in [1.165, 1.54) is 29.2 Å². The van der Waals surface area contributed by atoms with Gasteiger partial charge in [-0.2, -0.15) is 9.97 Å². The lowest BCUT2D eigenvalue weighted by atomic mass is 9.85. The number of β-amino-alcohol motifs (C(OH)–C–C–N with tert-alkyl or cyclic N) is 1. The van der Waals surface area contributed by atoms with E-state index in [0.29, 0.717) is 36.1 Å². The maximum absolute atomic E-state index is 17.1. The number of aryl methyl sites for hydroxylation is 1. The molecule has 3 aromatic carbocycles. The fraction of sp³-hybridized carbons (Fsp3) is 0.483. The van der Waals surface area contributed by atoms with Crippen LogP contribution in [0.25, 0.3) is 43.4 Å². The molecule has 5 atom stereocenters. The Morgan fingerprint density at radius 3 is 2.39 bits per heavy atom. The zero-order valence-electron chi connectivity index (χ0n) is 45.4. The molecular weight excluding hydrogens is 1030 g/mol. The molecule has 0 radical (unpaired) electrons. The first-order chi connectivity index (χ1) is 38.0. The largest absolute Gasteiger partial charge is 0.508 e. The molecule has 0 aliphatic carbocycles. The smallest absolute Gasteiger partial charge is 0.319 e. The van der Waals surface area contributed by atoms with Gasteiger partial charge in [0, 0.05) is 81.3 Å². The van der Waals surface area contributed by atoms with Gasteiger partial charge in [-0.1, -0.05) is 76.3 Å². The number of nitrogens with one attached hydrogen (secondary N) is 3. The van der Waals surface area contributed by atoms with Crippen molar-refractivity contribution >= 4 is 56.6 Å². The molecule has 19 heteroatoms. The monoisotopic (exact) mass is 1100 g/mol. The van der Waals surface area contributed by atoms with E-state index in [9.17, 15) is 24.6 Å². The lowest BCUT2D eigenvalue weighted by molar-refractivity contribution is -0.144. The summed E-state index contributed by atoms with van der Waals surface area (Å²) in [7, 11) is 0. The predicted octanol–water partition coefficient (Wildman–Crippen LogP) is 8.18. The van der Waals surface area contributed by atoms with Gasteiger partial charge in [0.2, 0.25) is 17.7 Å². The van der Waals surface area contributed by atoms with Gasteiger partial charge in [0.15, 0.2) is 5.82 Å². The average molecular weight is 1100 g/mol. The van der Waals surface area contributed by atoms with Crippen LogP contribution in [0.4, 0.5) is 14.6 Å². The van der Waals surface area contributed by atoms with E-state index in [2.05, 4.69) is 46.6 Å². The van der Waals surface area contributed by atoms with Crippen molar-refractivity contribution in [1.29, 1.82) is 0 Å². The molecule has 4 saturated heterocycles. The number of nitrogens with zero attached hydrogens (tertiary/aromatic N) is 7. The van der Waals surface area contributed by atoms with Crippen LogP contribution in [0.5, 0.6) is 11.8 Å². The van der Waals surface area contributed by atoms with Crippen molar-refractivity contribution in [3.8, 4) is 45.8 Å². The number of hydrogen-bond acceptors (Lipinski definition) is 14. The molecule has 3 amide bonds. The highest BCUT2D eigenvalue weighted by atomic mass is 32.1. The molecule has 16 nitrogen and oxygen atoms in total. The number of aliphatic hydroxyl groups excluding tert-OH is 1. The normalized spacial score (nSPS) is 20.2. The molecule has 79 heavy (non-hydrogen) atoms. The number of halogens is 2. The summed E-state index contributed by atoms with van der Waals surface area (Å²) < 4.78 is 38.6. The minimum atomic E-state index is -0.882. The van der Waals surface area contributed by atoms with Crippen molar-refractivity contribution in [2.45, 2.75) is 141 Å². The van der Waals surface area contributed by atoms with E-state index in [1.807, 2.05) is 57.5 Å². The predicted molar refractivity (Wildman–Crippen MR) is 301 cm³/mol. The van der Waals surface area contributed by atoms with Crippen LogP contribution in [0.1, 0.15) is 108 Å². The van der Waals surface area contributed by atoms with Crippen LogP contribution in [0.15, 0.2) is 60.2 Å². The molecule has 7 heterocycles. The molecule has 3 aromatic heterocycles. The van der Waals surface area contributed by atoms with Crippen molar-refractivity contribution < 1.29 is 38.1 Å².